The molecular weight excluding hydrogens is 450 g/mol. The molecule has 0 unspecified atom stereocenters. The first-order chi connectivity index (χ1) is 14.9. The molecule has 174 valence electrons. The van der Waals surface area contributed by atoms with E-state index in [-0.39, 0.29) is 5.69 Å². The number of anilines is 1. The third-order valence-corrected chi connectivity index (χ3v) is 3.61. The number of rotatable bonds is 7. The number of carbonyl (C=O) groups excluding carboxylic acids is 2. The number of amides is 2. The lowest BCUT2D eigenvalue weighted by Gasteiger charge is -2.33. The van der Waals surface area contributed by atoms with Crippen molar-refractivity contribution in [3.8, 4) is 11.5 Å². The molecule has 0 saturated heterocycles. The van der Waals surface area contributed by atoms with E-state index >= 15 is 0 Å². The summed E-state index contributed by atoms with van der Waals surface area (Å²) >= 11 is 0. The maximum absolute atomic E-state index is 14.0. The van der Waals surface area contributed by atoms with Crippen molar-refractivity contribution >= 4 is 17.7 Å². The highest BCUT2D eigenvalue weighted by molar-refractivity contribution is 5.94. The predicted octanol–water partition coefficient (Wildman–Crippen LogP) is 4.61. The fourth-order valence-electron chi connectivity index (χ4n) is 2.32. The first kappa shape index (κ1) is 24.6. The van der Waals surface area contributed by atoms with Crippen LogP contribution in [0.5, 0.6) is 11.5 Å². The van der Waals surface area contributed by atoms with E-state index in [4.69, 9.17) is 4.74 Å². The van der Waals surface area contributed by atoms with Crippen LogP contribution in [0, 0.1) is 0 Å². The van der Waals surface area contributed by atoms with Crippen molar-refractivity contribution in [1.29, 1.82) is 0 Å². The quantitative estimate of drug-likeness (QED) is 0.354. The zero-order valence-electron chi connectivity index (χ0n) is 16.2. The molecule has 13 heteroatoms. The fourth-order valence-corrected chi connectivity index (χ4v) is 2.32. The van der Waals surface area contributed by atoms with E-state index in [9.17, 15) is 35.9 Å². The topological polar surface area (TPSA) is 85.9 Å². The molecule has 2 aromatic carbocycles. The molecule has 2 rings (SSSR count). The number of hydrogen-bond acceptors (Lipinski definition) is 5. The third-order valence-electron chi connectivity index (χ3n) is 3.61. The van der Waals surface area contributed by atoms with Crippen molar-refractivity contribution < 1.29 is 50.1 Å². The van der Waals surface area contributed by atoms with Gasteiger partial charge in [0.15, 0.2) is 0 Å². The van der Waals surface area contributed by atoms with E-state index in [1.165, 1.54) is 30.4 Å². The van der Waals surface area contributed by atoms with Gasteiger partial charge in [-0.2, -0.15) is 13.2 Å². The smallest absolute Gasteiger partial charge is 0.461 e. The Hall–Kier alpha value is -3.64. The van der Waals surface area contributed by atoms with Crippen molar-refractivity contribution in [2.45, 2.75) is 25.2 Å². The van der Waals surface area contributed by atoms with Crippen LogP contribution in [0.1, 0.15) is 6.92 Å². The average molecular weight is 466 g/mol. The van der Waals surface area contributed by atoms with Crippen molar-refractivity contribution in [2.24, 2.45) is 0 Å². The van der Waals surface area contributed by atoms with Gasteiger partial charge in [-0.3, -0.25) is 5.32 Å². The van der Waals surface area contributed by atoms with E-state index < -0.39 is 48.4 Å². The van der Waals surface area contributed by atoms with E-state index in [1.807, 2.05) is 5.32 Å². The molecule has 0 saturated carbocycles. The van der Waals surface area contributed by atoms with E-state index in [1.54, 1.807) is 0 Å². The van der Waals surface area contributed by atoms with Gasteiger partial charge in [0.1, 0.15) is 11.5 Å². The Morgan fingerprint density at radius 1 is 0.844 bits per heavy atom. The molecule has 2 amide bonds. The summed E-state index contributed by atoms with van der Waals surface area (Å²) in [7, 11) is 0. The Balaban J connectivity index is 2.28. The number of benzene rings is 2. The Morgan fingerprint density at radius 2 is 1.41 bits per heavy atom. The number of nitrogens with one attached hydrogen (secondary N) is 2. The van der Waals surface area contributed by atoms with Crippen LogP contribution in [0.15, 0.2) is 54.6 Å². The molecule has 0 fully saturated rings. The molecule has 0 radical (unpaired) electrons. The van der Waals surface area contributed by atoms with Crippen LogP contribution in [0.25, 0.3) is 0 Å². The SMILES string of the molecule is CCOC(=O)[C@@](NC(=O)Nc1ccc(OC(F)(F)F)cc1)(Oc1ccccc1)C(F)(F)F. The van der Waals surface area contributed by atoms with Gasteiger partial charge in [-0.15, -0.1) is 13.2 Å². The van der Waals surface area contributed by atoms with Gasteiger partial charge < -0.3 is 19.5 Å². The minimum Gasteiger partial charge on any atom is -0.461 e. The highest BCUT2D eigenvalue weighted by Crippen LogP contribution is 2.34. The third kappa shape index (κ3) is 6.43. The van der Waals surface area contributed by atoms with Gasteiger partial charge in [-0.1, -0.05) is 18.2 Å². The van der Waals surface area contributed by atoms with Crippen LogP contribution in [0.4, 0.5) is 36.8 Å². The second-order valence-electron chi connectivity index (χ2n) is 5.97. The van der Waals surface area contributed by atoms with E-state index in [2.05, 4.69) is 9.47 Å². The van der Waals surface area contributed by atoms with Crippen molar-refractivity contribution in [3.05, 3.63) is 54.6 Å². The lowest BCUT2D eigenvalue weighted by Crippen LogP contribution is -2.69. The standard InChI is InChI=1S/C19H16F6N2O5/c1-2-30-15(28)17(18(20,21)22,31-13-6-4-3-5-7-13)27-16(29)26-12-8-10-14(11-9-12)32-19(23,24)25/h3-11H,2H2,1H3,(H2,26,27,29)/t17-/m1/s1. The number of ether oxygens (including phenoxy) is 3. The predicted molar refractivity (Wildman–Crippen MR) is 97.8 cm³/mol. The monoisotopic (exact) mass is 466 g/mol. The molecule has 32 heavy (non-hydrogen) atoms. The maximum Gasteiger partial charge on any atom is 0.573 e. The molecule has 0 aliphatic rings. The van der Waals surface area contributed by atoms with Gasteiger partial charge in [0.05, 0.1) is 6.61 Å². The van der Waals surface area contributed by atoms with Crippen LogP contribution in [-0.2, 0) is 9.53 Å². The lowest BCUT2D eigenvalue weighted by molar-refractivity contribution is -0.274. The molecule has 0 aromatic heterocycles. The second-order valence-corrected chi connectivity index (χ2v) is 5.97. The number of para-hydroxylation sites is 1. The maximum atomic E-state index is 14.0. The van der Waals surface area contributed by atoms with Crippen LogP contribution in [-0.4, -0.2) is 36.9 Å². The van der Waals surface area contributed by atoms with Crippen LogP contribution >= 0.6 is 0 Å². The van der Waals surface area contributed by atoms with Gasteiger partial charge in [0.25, 0.3) is 0 Å². The Kier molecular flexibility index (Phi) is 7.44. The Morgan fingerprint density at radius 3 is 1.91 bits per heavy atom. The van der Waals surface area contributed by atoms with E-state index in [0.29, 0.717) is 0 Å². The summed E-state index contributed by atoms with van der Waals surface area (Å²) in [6.45, 7) is 0.810. The molecule has 0 spiro atoms. The molecule has 7 nitrogen and oxygen atoms in total. The molecule has 0 bridgehead atoms. The Labute approximate surface area is 177 Å². The fraction of sp³-hybridized carbons (Fsp3) is 0.263. The highest BCUT2D eigenvalue weighted by atomic mass is 19.4. The molecule has 0 aliphatic carbocycles. The molecule has 2 aromatic rings. The summed E-state index contributed by atoms with van der Waals surface area (Å²) in [4.78, 5) is 24.5. The number of urea groups is 1. The Bertz CT molecular complexity index is 919. The molecule has 0 heterocycles. The minimum atomic E-state index is -5.46. The van der Waals surface area contributed by atoms with Crippen molar-refractivity contribution in [3.63, 3.8) is 0 Å². The van der Waals surface area contributed by atoms with Crippen LogP contribution in [0.2, 0.25) is 0 Å². The molecule has 0 aliphatic heterocycles. The van der Waals surface area contributed by atoms with Crippen LogP contribution in [0.3, 0.4) is 0 Å². The molecule has 1 atom stereocenters. The van der Waals surface area contributed by atoms with Gasteiger partial charge in [-0.25, -0.2) is 9.59 Å². The van der Waals surface area contributed by atoms with Gasteiger partial charge in [0, 0.05) is 5.69 Å². The molecule has 2 N–H and O–H groups in total. The zero-order chi connectivity index (χ0) is 24.0. The number of carbonyl (C=O) groups is 2. The summed E-state index contributed by atoms with van der Waals surface area (Å²) in [5.41, 5.74) is -4.11. The van der Waals surface area contributed by atoms with Crippen molar-refractivity contribution in [1.82, 2.24) is 5.32 Å². The van der Waals surface area contributed by atoms with E-state index in [0.717, 1.165) is 36.4 Å². The van der Waals surface area contributed by atoms with Gasteiger partial charge in [0.2, 0.25) is 0 Å². The normalized spacial score (nSPS) is 13.5. The van der Waals surface area contributed by atoms with Gasteiger partial charge in [-0.05, 0) is 43.3 Å². The highest BCUT2D eigenvalue weighted by Gasteiger charge is 2.66. The summed E-state index contributed by atoms with van der Waals surface area (Å²) in [5.74, 6) is -2.95. The first-order valence-corrected chi connectivity index (χ1v) is 8.79. The average Bonchev–Trinajstić information content (AvgIpc) is 2.68. The number of halogens is 6. The van der Waals surface area contributed by atoms with Crippen molar-refractivity contribution in [2.75, 3.05) is 11.9 Å². The number of hydrogen-bond donors (Lipinski definition) is 2. The summed E-state index contributed by atoms with van der Waals surface area (Å²) in [5, 5.41) is 3.39. The largest absolute Gasteiger partial charge is 0.573 e. The first-order valence-electron chi connectivity index (χ1n) is 8.79. The zero-order valence-corrected chi connectivity index (χ0v) is 16.2. The summed E-state index contributed by atoms with van der Waals surface area (Å²) in [6.07, 6.45) is -10.4. The summed E-state index contributed by atoms with van der Waals surface area (Å²) in [6, 6.07) is 8.40. The minimum absolute atomic E-state index is 0.198. The van der Waals surface area contributed by atoms with Crippen LogP contribution < -0.4 is 20.1 Å². The second kappa shape index (κ2) is 9.66. The molecular formula is C19H16F6N2O5. The lowest BCUT2D eigenvalue weighted by atomic mass is 10.2. The number of alkyl halides is 6. The van der Waals surface area contributed by atoms with Gasteiger partial charge >= 0.3 is 30.3 Å². The summed E-state index contributed by atoms with van der Waals surface area (Å²) < 4.78 is 91.4. The number of esters is 1.